The Balaban J connectivity index is 3.24. The first-order valence-corrected chi connectivity index (χ1v) is 8.60. The SMILES string of the molecule is CC(C)CN(c1ccc(S(=O)(=O)N(C)C)cc1N)C(C)C. The van der Waals surface area contributed by atoms with Gasteiger partial charge in [-0.15, -0.1) is 0 Å². The first-order valence-electron chi connectivity index (χ1n) is 7.16. The Morgan fingerprint density at radius 3 is 2.10 bits per heavy atom. The predicted octanol–water partition coefficient (Wildman–Crippen LogP) is 2.39. The Hall–Kier alpha value is -1.27. The maximum absolute atomic E-state index is 12.1. The number of rotatable bonds is 6. The van der Waals surface area contributed by atoms with Gasteiger partial charge in [-0.1, -0.05) is 13.8 Å². The van der Waals surface area contributed by atoms with Gasteiger partial charge in [-0.05, 0) is 38.0 Å². The molecule has 1 rings (SSSR count). The second kappa shape index (κ2) is 6.66. The van der Waals surface area contributed by atoms with Crippen molar-refractivity contribution in [3.05, 3.63) is 18.2 Å². The minimum Gasteiger partial charge on any atom is -0.397 e. The zero-order valence-electron chi connectivity index (χ0n) is 13.8. The van der Waals surface area contributed by atoms with Crippen molar-refractivity contribution in [3.8, 4) is 0 Å². The van der Waals surface area contributed by atoms with Gasteiger partial charge in [-0.3, -0.25) is 0 Å². The van der Waals surface area contributed by atoms with Gasteiger partial charge in [0.15, 0.2) is 0 Å². The lowest BCUT2D eigenvalue weighted by Crippen LogP contribution is -2.34. The van der Waals surface area contributed by atoms with E-state index in [9.17, 15) is 8.42 Å². The highest BCUT2D eigenvalue weighted by Crippen LogP contribution is 2.29. The van der Waals surface area contributed by atoms with Crippen LogP contribution in [-0.2, 0) is 10.0 Å². The van der Waals surface area contributed by atoms with Crippen molar-refractivity contribution in [2.45, 2.75) is 38.6 Å². The molecule has 0 saturated heterocycles. The van der Waals surface area contributed by atoms with Crippen LogP contribution in [0.3, 0.4) is 0 Å². The summed E-state index contributed by atoms with van der Waals surface area (Å²) in [5, 5.41) is 0. The molecule has 0 atom stereocenters. The van der Waals surface area contributed by atoms with Crippen LogP contribution >= 0.6 is 0 Å². The molecule has 0 aliphatic carbocycles. The molecule has 0 heterocycles. The van der Waals surface area contributed by atoms with Crippen molar-refractivity contribution in [2.75, 3.05) is 31.3 Å². The van der Waals surface area contributed by atoms with E-state index in [-0.39, 0.29) is 4.90 Å². The fourth-order valence-corrected chi connectivity index (χ4v) is 3.08. The summed E-state index contributed by atoms with van der Waals surface area (Å²) in [5.74, 6) is 0.497. The molecule has 2 N–H and O–H groups in total. The zero-order chi connectivity index (χ0) is 16.4. The molecule has 0 amide bonds. The first-order chi connectivity index (χ1) is 9.57. The quantitative estimate of drug-likeness (QED) is 0.819. The van der Waals surface area contributed by atoms with Gasteiger partial charge in [0.1, 0.15) is 0 Å². The fraction of sp³-hybridized carbons (Fsp3) is 0.600. The number of hydrogen-bond acceptors (Lipinski definition) is 4. The largest absolute Gasteiger partial charge is 0.397 e. The third kappa shape index (κ3) is 4.11. The number of sulfonamides is 1. The molecule has 6 heteroatoms. The lowest BCUT2D eigenvalue weighted by atomic mass is 10.1. The molecule has 5 nitrogen and oxygen atoms in total. The summed E-state index contributed by atoms with van der Waals surface area (Å²) in [7, 11) is -0.425. The average Bonchev–Trinajstić information content (AvgIpc) is 2.35. The lowest BCUT2D eigenvalue weighted by molar-refractivity contribution is 0.520. The van der Waals surface area contributed by atoms with Crippen molar-refractivity contribution >= 4 is 21.4 Å². The minimum atomic E-state index is -3.45. The Kier molecular flexibility index (Phi) is 5.64. The van der Waals surface area contributed by atoms with E-state index in [4.69, 9.17) is 5.73 Å². The van der Waals surface area contributed by atoms with Crippen LogP contribution in [0.15, 0.2) is 23.1 Å². The molecule has 1 aromatic carbocycles. The highest BCUT2D eigenvalue weighted by Gasteiger charge is 2.20. The van der Waals surface area contributed by atoms with Crippen LogP contribution in [0.1, 0.15) is 27.7 Å². The van der Waals surface area contributed by atoms with E-state index in [1.54, 1.807) is 18.2 Å². The molecular weight excluding hydrogens is 286 g/mol. The predicted molar refractivity (Wildman–Crippen MR) is 89.0 cm³/mol. The molecule has 0 aromatic heterocycles. The summed E-state index contributed by atoms with van der Waals surface area (Å²) in [6.45, 7) is 9.38. The van der Waals surface area contributed by atoms with Crippen molar-refractivity contribution < 1.29 is 8.42 Å². The number of nitrogens with two attached hydrogens (primary N) is 1. The first kappa shape index (κ1) is 17.8. The molecule has 0 saturated carbocycles. The van der Waals surface area contributed by atoms with E-state index in [0.29, 0.717) is 17.6 Å². The molecule has 120 valence electrons. The molecule has 21 heavy (non-hydrogen) atoms. The Morgan fingerprint density at radius 2 is 1.71 bits per heavy atom. The van der Waals surface area contributed by atoms with E-state index in [0.717, 1.165) is 12.2 Å². The highest BCUT2D eigenvalue weighted by molar-refractivity contribution is 7.89. The van der Waals surface area contributed by atoms with Crippen LogP contribution < -0.4 is 10.6 Å². The topological polar surface area (TPSA) is 66.6 Å². The van der Waals surface area contributed by atoms with Crippen LogP contribution in [0, 0.1) is 5.92 Å². The number of hydrogen-bond donors (Lipinski definition) is 1. The van der Waals surface area contributed by atoms with Crippen molar-refractivity contribution in [2.24, 2.45) is 5.92 Å². The molecule has 0 fully saturated rings. The van der Waals surface area contributed by atoms with Gasteiger partial charge in [-0.2, -0.15) is 0 Å². The minimum absolute atomic E-state index is 0.224. The maximum atomic E-state index is 12.1. The van der Waals surface area contributed by atoms with Crippen molar-refractivity contribution in [3.63, 3.8) is 0 Å². The number of anilines is 2. The summed E-state index contributed by atoms with van der Waals surface area (Å²) in [5.41, 5.74) is 7.49. The Morgan fingerprint density at radius 1 is 1.14 bits per heavy atom. The van der Waals surface area contributed by atoms with E-state index in [1.165, 1.54) is 18.4 Å². The molecule has 1 aromatic rings. The summed E-state index contributed by atoms with van der Waals surface area (Å²) >= 11 is 0. The van der Waals surface area contributed by atoms with Gasteiger partial charge < -0.3 is 10.6 Å². The van der Waals surface area contributed by atoms with Crippen LogP contribution in [0.2, 0.25) is 0 Å². The Labute approximate surface area is 128 Å². The summed E-state index contributed by atoms with van der Waals surface area (Å²) in [6.07, 6.45) is 0. The molecule has 0 radical (unpaired) electrons. The number of benzene rings is 1. The van der Waals surface area contributed by atoms with Crippen LogP contribution in [0.25, 0.3) is 0 Å². The second-order valence-electron chi connectivity index (χ2n) is 6.15. The van der Waals surface area contributed by atoms with E-state index in [1.807, 2.05) is 0 Å². The van der Waals surface area contributed by atoms with Crippen molar-refractivity contribution in [1.82, 2.24) is 4.31 Å². The van der Waals surface area contributed by atoms with Crippen molar-refractivity contribution in [1.29, 1.82) is 0 Å². The fourth-order valence-electron chi connectivity index (χ4n) is 2.15. The van der Waals surface area contributed by atoms with Gasteiger partial charge in [0, 0.05) is 26.7 Å². The maximum Gasteiger partial charge on any atom is 0.242 e. The summed E-state index contributed by atoms with van der Waals surface area (Å²) < 4.78 is 25.5. The third-order valence-corrected chi connectivity index (χ3v) is 5.08. The highest BCUT2D eigenvalue weighted by atomic mass is 32.2. The molecular formula is C15H27N3O2S. The van der Waals surface area contributed by atoms with Gasteiger partial charge >= 0.3 is 0 Å². The number of nitrogens with zero attached hydrogens (tertiary/aromatic N) is 2. The van der Waals surface area contributed by atoms with Gasteiger partial charge in [0.2, 0.25) is 10.0 Å². The van der Waals surface area contributed by atoms with Crippen LogP contribution in [0.5, 0.6) is 0 Å². The summed E-state index contributed by atoms with van der Waals surface area (Å²) in [4.78, 5) is 2.42. The average molecular weight is 313 g/mol. The third-order valence-electron chi connectivity index (χ3n) is 3.27. The Bertz CT molecular complexity index is 581. The second-order valence-corrected chi connectivity index (χ2v) is 8.30. The van der Waals surface area contributed by atoms with Gasteiger partial charge in [0.05, 0.1) is 16.3 Å². The van der Waals surface area contributed by atoms with E-state index < -0.39 is 10.0 Å². The number of nitrogen functional groups attached to an aromatic ring is 1. The van der Waals surface area contributed by atoms with Gasteiger partial charge in [0.25, 0.3) is 0 Å². The lowest BCUT2D eigenvalue weighted by Gasteiger charge is -2.32. The molecule has 0 unspecified atom stereocenters. The molecule has 0 spiro atoms. The van der Waals surface area contributed by atoms with Crippen LogP contribution in [0.4, 0.5) is 11.4 Å². The van der Waals surface area contributed by atoms with Gasteiger partial charge in [-0.25, -0.2) is 12.7 Å². The van der Waals surface area contributed by atoms with E-state index in [2.05, 4.69) is 32.6 Å². The van der Waals surface area contributed by atoms with Crippen LogP contribution in [-0.4, -0.2) is 39.4 Å². The smallest absolute Gasteiger partial charge is 0.242 e. The molecule has 0 aliphatic heterocycles. The van der Waals surface area contributed by atoms with E-state index >= 15 is 0 Å². The monoisotopic (exact) mass is 313 g/mol. The molecule has 0 aliphatic rings. The standard InChI is InChI=1S/C15H27N3O2S/c1-11(2)10-18(12(3)4)15-8-7-13(9-14(15)16)21(19,20)17(5)6/h7-9,11-12H,10,16H2,1-6H3. The normalized spacial score (nSPS) is 12.4. The summed E-state index contributed by atoms with van der Waals surface area (Å²) in [6, 6.07) is 5.26. The molecule has 0 bridgehead atoms. The zero-order valence-corrected chi connectivity index (χ0v) is 14.6.